The third kappa shape index (κ3) is 5.65. The van der Waals surface area contributed by atoms with E-state index in [0.29, 0.717) is 12.5 Å². The van der Waals surface area contributed by atoms with Crippen LogP contribution in [0.2, 0.25) is 0 Å². The van der Waals surface area contributed by atoms with Gasteiger partial charge in [0, 0.05) is 26.7 Å². The molecule has 0 aliphatic carbocycles. The van der Waals surface area contributed by atoms with Crippen LogP contribution < -0.4 is 5.32 Å². The van der Waals surface area contributed by atoms with E-state index in [2.05, 4.69) is 63.3 Å². The summed E-state index contributed by atoms with van der Waals surface area (Å²) in [6.45, 7) is 6.88. The van der Waals surface area contributed by atoms with Crippen molar-refractivity contribution < 1.29 is 9.53 Å². The van der Waals surface area contributed by atoms with Crippen molar-refractivity contribution in [3.05, 3.63) is 53.3 Å². The fourth-order valence-electron chi connectivity index (χ4n) is 3.56. The van der Waals surface area contributed by atoms with Gasteiger partial charge in [0.2, 0.25) is 5.91 Å². The van der Waals surface area contributed by atoms with Crippen LogP contribution in [0.5, 0.6) is 0 Å². The molecule has 1 aliphatic rings. The molecule has 6 heteroatoms. The van der Waals surface area contributed by atoms with Gasteiger partial charge in [-0.2, -0.15) is 5.10 Å². The Morgan fingerprint density at radius 1 is 1.30 bits per heavy atom. The number of benzene rings is 1. The summed E-state index contributed by atoms with van der Waals surface area (Å²) < 4.78 is 6.93. The lowest BCUT2D eigenvalue weighted by Gasteiger charge is -2.22. The molecule has 1 aliphatic heterocycles. The largest absolute Gasteiger partial charge is 0.375 e. The Balaban J connectivity index is 1.53. The zero-order chi connectivity index (χ0) is 19.1. The van der Waals surface area contributed by atoms with E-state index in [-0.39, 0.29) is 12.5 Å². The number of nitrogens with zero attached hydrogens (tertiary/aromatic N) is 3. The summed E-state index contributed by atoms with van der Waals surface area (Å²) in [6, 6.07) is 12.8. The van der Waals surface area contributed by atoms with Gasteiger partial charge in [-0.1, -0.05) is 37.3 Å². The zero-order valence-corrected chi connectivity index (χ0v) is 16.4. The maximum atomic E-state index is 11.6. The van der Waals surface area contributed by atoms with Crippen LogP contribution in [0.1, 0.15) is 42.6 Å². The molecule has 2 heterocycles. The molecular formula is C21H30N4O2. The number of carbonyl (C=O) groups excluding carboxylic acids is 1. The summed E-state index contributed by atoms with van der Waals surface area (Å²) in [6.07, 6.45) is 2.25. The van der Waals surface area contributed by atoms with Crippen molar-refractivity contribution in [1.29, 1.82) is 0 Å². The van der Waals surface area contributed by atoms with Crippen molar-refractivity contribution in [2.75, 3.05) is 26.8 Å². The van der Waals surface area contributed by atoms with E-state index < -0.39 is 0 Å². The fourth-order valence-corrected chi connectivity index (χ4v) is 3.56. The molecule has 1 amide bonds. The van der Waals surface area contributed by atoms with Crippen molar-refractivity contribution in [3.63, 3.8) is 0 Å². The zero-order valence-electron chi connectivity index (χ0n) is 16.4. The van der Waals surface area contributed by atoms with Crippen molar-refractivity contribution in [3.8, 4) is 0 Å². The highest BCUT2D eigenvalue weighted by Crippen LogP contribution is 2.21. The van der Waals surface area contributed by atoms with Crippen LogP contribution in [0.4, 0.5) is 0 Å². The first-order chi connectivity index (χ1) is 13.2. The number of rotatable bonds is 8. The van der Waals surface area contributed by atoms with E-state index in [1.54, 1.807) is 0 Å². The molecule has 1 aromatic heterocycles. The van der Waals surface area contributed by atoms with Crippen LogP contribution >= 0.6 is 0 Å². The molecule has 1 aromatic carbocycles. The molecule has 146 valence electrons. The highest BCUT2D eigenvalue weighted by atomic mass is 16.5. The molecule has 27 heavy (non-hydrogen) atoms. The Labute approximate surface area is 161 Å². The maximum absolute atomic E-state index is 11.6. The number of methoxy groups -OCH3 is 1. The molecule has 3 rings (SSSR count). The number of nitrogens with one attached hydrogen (secondary N) is 1. The van der Waals surface area contributed by atoms with Gasteiger partial charge in [-0.25, -0.2) is 0 Å². The number of amides is 1. The lowest BCUT2D eigenvalue weighted by molar-refractivity contribution is -0.124. The second-order valence-electron chi connectivity index (χ2n) is 7.29. The molecule has 0 unspecified atom stereocenters. The van der Waals surface area contributed by atoms with Gasteiger partial charge in [-0.15, -0.1) is 0 Å². The number of fused-ring (bicyclic) bond motifs is 1. The fraction of sp³-hybridized carbons (Fsp3) is 0.524. The summed E-state index contributed by atoms with van der Waals surface area (Å²) >= 11 is 0. The highest BCUT2D eigenvalue weighted by molar-refractivity contribution is 5.77. The number of aromatic nitrogens is 2. The minimum Gasteiger partial charge on any atom is -0.375 e. The molecular weight excluding hydrogens is 340 g/mol. The van der Waals surface area contributed by atoms with E-state index in [1.165, 1.54) is 18.4 Å². The maximum Gasteiger partial charge on any atom is 0.246 e. The Hall–Kier alpha value is -2.18. The average molecular weight is 370 g/mol. The van der Waals surface area contributed by atoms with Gasteiger partial charge < -0.3 is 10.1 Å². The summed E-state index contributed by atoms with van der Waals surface area (Å²) in [5.74, 6) is 0.447. The lowest BCUT2D eigenvalue weighted by atomic mass is 9.98. The summed E-state index contributed by atoms with van der Waals surface area (Å²) in [5, 5.41) is 7.50. The molecule has 0 saturated carbocycles. The number of hydrogen-bond donors (Lipinski definition) is 1. The standard InChI is InChI=1S/C21H30N4O2/c1-17(18-7-4-3-5-8-18)9-12-24-10-6-11-25-20(15-24)13-19(23-25)14-22-21(26)16-27-2/h3-5,7-8,13,17H,6,9-12,14-16H2,1-2H3,(H,22,26)/t17-/m1/s1. The Kier molecular flexibility index (Phi) is 7.01. The first-order valence-corrected chi connectivity index (χ1v) is 9.74. The number of carbonyl (C=O) groups is 1. The molecule has 0 fully saturated rings. The van der Waals surface area contributed by atoms with Crippen molar-refractivity contribution in [1.82, 2.24) is 20.0 Å². The van der Waals surface area contributed by atoms with Crippen LogP contribution in [0.3, 0.4) is 0 Å². The van der Waals surface area contributed by atoms with E-state index in [4.69, 9.17) is 4.74 Å². The van der Waals surface area contributed by atoms with Crippen LogP contribution in [0.25, 0.3) is 0 Å². The monoisotopic (exact) mass is 370 g/mol. The second-order valence-corrected chi connectivity index (χ2v) is 7.29. The minimum atomic E-state index is -0.114. The topological polar surface area (TPSA) is 59.4 Å². The molecule has 0 spiro atoms. The van der Waals surface area contributed by atoms with Crippen LogP contribution in [0.15, 0.2) is 36.4 Å². The van der Waals surface area contributed by atoms with E-state index in [1.807, 2.05) is 0 Å². The van der Waals surface area contributed by atoms with Crippen LogP contribution in [0, 0.1) is 0 Å². The Bertz CT molecular complexity index is 729. The molecule has 0 radical (unpaired) electrons. The Morgan fingerprint density at radius 2 is 2.11 bits per heavy atom. The summed E-state index contributed by atoms with van der Waals surface area (Å²) in [5.41, 5.74) is 3.55. The van der Waals surface area contributed by atoms with Crippen LogP contribution in [-0.2, 0) is 29.2 Å². The molecule has 2 aromatic rings. The number of hydrogen-bond acceptors (Lipinski definition) is 4. The molecule has 0 bridgehead atoms. The number of ether oxygens (including phenoxy) is 1. The minimum absolute atomic E-state index is 0.0843. The molecule has 0 saturated heterocycles. The molecule has 1 N–H and O–H groups in total. The first-order valence-electron chi connectivity index (χ1n) is 9.74. The Morgan fingerprint density at radius 3 is 2.89 bits per heavy atom. The first kappa shape index (κ1) is 19.6. The third-order valence-corrected chi connectivity index (χ3v) is 5.13. The van der Waals surface area contributed by atoms with Gasteiger partial charge in [-0.3, -0.25) is 14.4 Å². The summed E-state index contributed by atoms with van der Waals surface area (Å²) in [7, 11) is 1.52. The summed E-state index contributed by atoms with van der Waals surface area (Å²) in [4.78, 5) is 14.1. The predicted octanol–water partition coefficient (Wildman–Crippen LogP) is 2.55. The van der Waals surface area contributed by atoms with Gasteiger partial charge in [-0.05, 0) is 36.9 Å². The van der Waals surface area contributed by atoms with E-state index in [0.717, 1.165) is 44.7 Å². The highest BCUT2D eigenvalue weighted by Gasteiger charge is 2.17. The van der Waals surface area contributed by atoms with Crippen molar-refractivity contribution in [2.24, 2.45) is 0 Å². The second kappa shape index (κ2) is 9.67. The third-order valence-electron chi connectivity index (χ3n) is 5.13. The lowest BCUT2D eigenvalue weighted by Crippen LogP contribution is -2.27. The quantitative estimate of drug-likeness (QED) is 0.776. The number of aryl methyl sites for hydroxylation is 1. The van der Waals surface area contributed by atoms with Crippen molar-refractivity contribution in [2.45, 2.75) is 45.3 Å². The normalized spacial score (nSPS) is 15.8. The van der Waals surface area contributed by atoms with E-state index >= 15 is 0 Å². The smallest absolute Gasteiger partial charge is 0.246 e. The average Bonchev–Trinajstić information content (AvgIpc) is 2.96. The molecule has 1 atom stereocenters. The predicted molar refractivity (Wildman–Crippen MR) is 105 cm³/mol. The van der Waals surface area contributed by atoms with Gasteiger partial charge in [0.15, 0.2) is 0 Å². The molecule has 6 nitrogen and oxygen atoms in total. The van der Waals surface area contributed by atoms with Gasteiger partial charge in [0.25, 0.3) is 0 Å². The van der Waals surface area contributed by atoms with Gasteiger partial charge >= 0.3 is 0 Å². The van der Waals surface area contributed by atoms with Gasteiger partial charge in [0.05, 0.1) is 17.9 Å². The SMILES string of the molecule is COCC(=O)NCc1cc2n(n1)CCCN(CC[C@@H](C)c1ccccc1)C2. The van der Waals surface area contributed by atoms with Crippen LogP contribution in [-0.4, -0.2) is 47.4 Å². The van der Waals surface area contributed by atoms with Crippen molar-refractivity contribution >= 4 is 5.91 Å². The van der Waals surface area contributed by atoms with E-state index in [9.17, 15) is 4.79 Å². The van der Waals surface area contributed by atoms with Gasteiger partial charge in [0.1, 0.15) is 6.61 Å².